The molecule has 0 spiro atoms. The normalized spacial score (nSPS) is 10.0. The molecule has 0 atom stereocenters. The summed E-state index contributed by atoms with van der Waals surface area (Å²) in [4.78, 5) is 26.2. The fraction of sp³-hybridized carbons (Fsp3) is 0.429. The summed E-state index contributed by atoms with van der Waals surface area (Å²) in [6.45, 7) is 4.97. The van der Waals surface area contributed by atoms with Crippen LogP contribution in [0.3, 0.4) is 0 Å². The SMILES string of the molecule is CCN(CC)C(=O)CN(CC(=O)O)c1ccccc1. The lowest BCUT2D eigenvalue weighted by molar-refractivity contribution is -0.135. The quantitative estimate of drug-likeness (QED) is 0.809. The van der Waals surface area contributed by atoms with Gasteiger partial charge in [-0.1, -0.05) is 18.2 Å². The summed E-state index contributed by atoms with van der Waals surface area (Å²) in [5, 5.41) is 8.94. The number of para-hydroxylation sites is 1. The van der Waals surface area contributed by atoms with E-state index in [1.165, 1.54) is 0 Å². The Hall–Kier alpha value is -2.04. The average molecular weight is 264 g/mol. The maximum Gasteiger partial charge on any atom is 0.323 e. The molecule has 0 aromatic heterocycles. The van der Waals surface area contributed by atoms with Gasteiger partial charge in [0.05, 0.1) is 6.54 Å². The summed E-state index contributed by atoms with van der Waals surface area (Å²) in [5.74, 6) is -1.01. The lowest BCUT2D eigenvalue weighted by atomic mass is 10.2. The van der Waals surface area contributed by atoms with Crippen LogP contribution in [0.5, 0.6) is 0 Å². The number of hydrogen-bond acceptors (Lipinski definition) is 3. The standard InChI is InChI=1S/C14H20N2O3/c1-3-15(4-2)13(17)10-16(11-14(18)19)12-8-6-5-7-9-12/h5-9H,3-4,10-11H2,1-2H3,(H,18,19). The van der Waals surface area contributed by atoms with E-state index in [1.54, 1.807) is 21.9 Å². The first-order valence-corrected chi connectivity index (χ1v) is 6.38. The average Bonchev–Trinajstić information content (AvgIpc) is 2.40. The Kier molecular flexibility index (Phi) is 5.85. The first kappa shape index (κ1) is 15.0. The Morgan fingerprint density at radius 1 is 1.05 bits per heavy atom. The van der Waals surface area contributed by atoms with Crippen molar-refractivity contribution in [1.29, 1.82) is 0 Å². The van der Waals surface area contributed by atoms with Crippen LogP contribution in [0.1, 0.15) is 13.8 Å². The van der Waals surface area contributed by atoms with Gasteiger partial charge in [-0.15, -0.1) is 0 Å². The maximum absolute atomic E-state index is 12.1. The summed E-state index contributed by atoms with van der Waals surface area (Å²) in [6, 6.07) is 9.11. The largest absolute Gasteiger partial charge is 0.480 e. The Balaban J connectivity index is 2.81. The van der Waals surface area contributed by atoms with Crippen LogP contribution < -0.4 is 4.90 Å². The lowest BCUT2D eigenvalue weighted by Gasteiger charge is -2.26. The highest BCUT2D eigenvalue weighted by Gasteiger charge is 2.17. The predicted molar refractivity (Wildman–Crippen MR) is 74.2 cm³/mol. The molecule has 1 N–H and O–H groups in total. The highest BCUT2D eigenvalue weighted by molar-refractivity contribution is 5.84. The van der Waals surface area contributed by atoms with E-state index >= 15 is 0 Å². The van der Waals surface area contributed by atoms with Crippen LogP contribution in [-0.4, -0.2) is 48.1 Å². The smallest absolute Gasteiger partial charge is 0.323 e. The van der Waals surface area contributed by atoms with Crippen molar-refractivity contribution in [1.82, 2.24) is 4.90 Å². The van der Waals surface area contributed by atoms with E-state index in [-0.39, 0.29) is 19.0 Å². The molecular weight excluding hydrogens is 244 g/mol. The van der Waals surface area contributed by atoms with Crippen molar-refractivity contribution in [3.63, 3.8) is 0 Å². The van der Waals surface area contributed by atoms with Gasteiger partial charge in [0, 0.05) is 18.8 Å². The predicted octanol–water partition coefficient (Wildman–Crippen LogP) is 1.45. The van der Waals surface area contributed by atoms with Gasteiger partial charge in [-0.05, 0) is 26.0 Å². The molecule has 0 radical (unpaired) electrons. The van der Waals surface area contributed by atoms with Gasteiger partial charge in [0.25, 0.3) is 0 Å². The zero-order chi connectivity index (χ0) is 14.3. The van der Waals surface area contributed by atoms with E-state index in [0.717, 1.165) is 5.69 Å². The van der Waals surface area contributed by atoms with Gasteiger partial charge < -0.3 is 14.9 Å². The molecule has 1 aromatic rings. The topological polar surface area (TPSA) is 60.9 Å². The molecule has 1 amide bonds. The van der Waals surface area contributed by atoms with Gasteiger partial charge in [-0.3, -0.25) is 9.59 Å². The Morgan fingerprint density at radius 3 is 2.11 bits per heavy atom. The zero-order valence-corrected chi connectivity index (χ0v) is 11.4. The van der Waals surface area contributed by atoms with Crippen molar-refractivity contribution in [3.05, 3.63) is 30.3 Å². The van der Waals surface area contributed by atoms with E-state index in [9.17, 15) is 9.59 Å². The van der Waals surface area contributed by atoms with Crippen LogP contribution in [0.2, 0.25) is 0 Å². The second-order valence-electron chi connectivity index (χ2n) is 4.15. The molecule has 19 heavy (non-hydrogen) atoms. The fourth-order valence-corrected chi connectivity index (χ4v) is 1.88. The molecule has 1 rings (SSSR count). The van der Waals surface area contributed by atoms with Gasteiger partial charge in [0.2, 0.25) is 5.91 Å². The second kappa shape index (κ2) is 7.41. The zero-order valence-electron chi connectivity index (χ0n) is 11.4. The van der Waals surface area contributed by atoms with Crippen LogP contribution in [0.4, 0.5) is 5.69 Å². The lowest BCUT2D eigenvalue weighted by Crippen LogP contribution is -2.42. The Bertz CT molecular complexity index is 416. The minimum atomic E-state index is -0.948. The second-order valence-corrected chi connectivity index (χ2v) is 4.15. The van der Waals surface area contributed by atoms with Gasteiger partial charge >= 0.3 is 5.97 Å². The fourth-order valence-electron chi connectivity index (χ4n) is 1.88. The van der Waals surface area contributed by atoms with Gasteiger partial charge in [-0.2, -0.15) is 0 Å². The maximum atomic E-state index is 12.1. The summed E-state index contributed by atoms with van der Waals surface area (Å²) < 4.78 is 0. The highest BCUT2D eigenvalue weighted by atomic mass is 16.4. The molecule has 0 aliphatic heterocycles. The number of amides is 1. The molecule has 0 heterocycles. The van der Waals surface area contributed by atoms with E-state index in [4.69, 9.17) is 5.11 Å². The first-order valence-electron chi connectivity index (χ1n) is 6.38. The minimum Gasteiger partial charge on any atom is -0.480 e. The van der Waals surface area contributed by atoms with Crippen molar-refractivity contribution in [2.75, 3.05) is 31.1 Å². The number of nitrogens with zero attached hydrogens (tertiary/aromatic N) is 2. The number of aliphatic carboxylic acids is 1. The Morgan fingerprint density at radius 2 is 1.63 bits per heavy atom. The molecule has 0 aliphatic rings. The molecule has 5 heteroatoms. The molecule has 0 bridgehead atoms. The number of likely N-dealkylation sites (N-methyl/N-ethyl adjacent to an activating group) is 1. The number of anilines is 1. The summed E-state index contributed by atoms with van der Waals surface area (Å²) >= 11 is 0. The van der Waals surface area contributed by atoms with E-state index < -0.39 is 5.97 Å². The van der Waals surface area contributed by atoms with Crippen LogP contribution in [0.15, 0.2) is 30.3 Å². The number of rotatable bonds is 7. The van der Waals surface area contributed by atoms with Crippen molar-refractivity contribution in [2.24, 2.45) is 0 Å². The monoisotopic (exact) mass is 264 g/mol. The molecule has 0 unspecified atom stereocenters. The number of hydrogen-bond donors (Lipinski definition) is 1. The van der Waals surface area contributed by atoms with E-state index in [1.807, 2.05) is 32.0 Å². The number of benzene rings is 1. The number of carbonyl (C=O) groups is 2. The van der Waals surface area contributed by atoms with Crippen molar-refractivity contribution < 1.29 is 14.7 Å². The number of carboxylic acid groups (broad SMARTS) is 1. The van der Waals surface area contributed by atoms with E-state index in [0.29, 0.717) is 13.1 Å². The molecule has 0 saturated carbocycles. The third kappa shape index (κ3) is 4.62. The molecule has 5 nitrogen and oxygen atoms in total. The first-order chi connectivity index (χ1) is 9.08. The summed E-state index contributed by atoms with van der Waals surface area (Å²) in [7, 11) is 0. The van der Waals surface area contributed by atoms with Crippen molar-refractivity contribution in [3.8, 4) is 0 Å². The van der Waals surface area contributed by atoms with Crippen LogP contribution >= 0.6 is 0 Å². The molecule has 0 saturated heterocycles. The van der Waals surface area contributed by atoms with Crippen LogP contribution in [0.25, 0.3) is 0 Å². The molecule has 1 aromatic carbocycles. The number of carbonyl (C=O) groups excluding carboxylic acids is 1. The van der Waals surface area contributed by atoms with Gasteiger partial charge in [0.1, 0.15) is 6.54 Å². The van der Waals surface area contributed by atoms with Crippen LogP contribution in [-0.2, 0) is 9.59 Å². The molecular formula is C14H20N2O3. The summed E-state index contributed by atoms with van der Waals surface area (Å²) in [6.07, 6.45) is 0. The van der Waals surface area contributed by atoms with E-state index in [2.05, 4.69) is 0 Å². The van der Waals surface area contributed by atoms with Crippen molar-refractivity contribution >= 4 is 17.6 Å². The Labute approximate surface area is 113 Å². The molecule has 0 aliphatic carbocycles. The highest BCUT2D eigenvalue weighted by Crippen LogP contribution is 2.13. The molecule has 104 valence electrons. The minimum absolute atomic E-state index is 0.0601. The van der Waals surface area contributed by atoms with Gasteiger partial charge in [0.15, 0.2) is 0 Å². The van der Waals surface area contributed by atoms with Gasteiger partial charge in [-0.25, -0.2) is 0 Å². The molecule has 0 fully saturated rings. The third-order valence-corrected chi connectivity index (χ3v) is 2.89. The number of carboxylic acids is 1. The summed E-state index contributed by atoms with van der Waals surface area (Å²) in [5.41, 5.74) is 0.741. The van der Waals surface area contributed by atoms with Crippen LogP contribution in [0, 0.1) is 0 Å². The third-order valence-electron chi connectivity index (χ3n) is 2.89. The van der Waals surface area contributed by atoms with Crippen molar-refractivity contribution in [2.45, 2.75) is 13.8 Å².